The third-order valence-corrected chi connectivity index (χ3v) is 5.70. The zero-order valence-electron chi connectivity index (χ0n) is 16.8. The second kappa shape index (κ2) is 8.93. The lowest BCUT2D eigenvalue weighted by Gasteiger charge is -2.37. The molecule has 3 aromatic carbocycles. The highest BCUT2D eigenvalue weighted by molar-refractivity contribution is 5.97. The standard InChI is InChI=1S/C25H26N2O2/c1-29-23-15-9-8-14-22(23)25(28)27-18-16-26(17-19-27)24(20-10-4-2-5-11-20)21-12-6-3-7-13-21/h2-15,24H,16-19H2,1H3/p+1. The zero-order valence-corrected chi connectivity index (χ0v) is 16.8. The summed E-state index contributed by atoms with van der Waals surface area (Å²) in [6.07, 6.45) is 0. The van der Waals surface area contributed by atoms with Gasteiger partial charge in [0.15, 0.2) is 0 Å². The maximum Gasteiger partial charge on any atom is 0.258 e. The topological polar surface area (TPSA) is 34.0 Å². The van der Waals surface area contributed by atoms with Gasteiger partial charge >= 0.3 is 0 Å². The van der Waals surface area contributed by atoms with Crippen molar-refractivity contribution < 1.29 is 14.4 Å². The van der Waals surface area contributed by atoms with Gasteiger partial charge < -0.3 is 14.5 Å². The first-order valence-corrected chi connectivity index (χ1v) is 10.1. The summed E-state index contributed by atoms with van der Waals surface area (Å²) in [5.74, 6) is 0.691. The highest BCUT2D eigenvalue weighted by Crippen LogP contribution is 2.21. The fourth-order valence-corrected chi connectivity index (χ4v) is 4.23. The van der Waals surface area contributed by atoms with Gasteiger partial charge in [-0.1, -0.05) is 72.8 Å². The maximum atomic E-state index is 13.0. The molecule has 1 amide bonds. The number of nitrogens with zero attached hydrogens (tertiary/aromatic N) is 1. The van der Waals surface area contributed by atoms with Gasteiger partial charge in [0.05, 0.1) is 38.9 Å². The molecule has 0 aromatic heterocycles. The molecule has 4 nitrogen and oxygen atoms in total. The quantitative estimate of drug-likeness (QED) is 0.731. The number of ether oxygens (including phenoxy) is 1. The number of rotatable bonds is 5. The normalized spacial score (nSPS) is 14.8. The monoisotopic (exact) mass is 387 g/mol. The van der Waals surface area contributed by atoms with Crippen molar-refractivity contribution in [1.29, 1.82) is 0 Å². The van der Waals surface area contributed by atoms with E-state index in [1.165, 1.54) is 16.0 Å². The molecule has 1 heterocycles. The molecule has 0 atom stereocenters. The van der Waals surface area contributed by atoms with Gasteiger partial charge in [0.25, 0.3) is 5.91 Å². The van der Waals surface area contributed by atoms with E-state index < -0.39 is 0 Å². The van der Waals surface area contributed by atoms with Gasteiger partial charge in [0.2, 0.25) is 0 Å². The van der Waals surface area contributed by atoms with E-state index in [-0.39, 0.29) is 11.9 Å². The fraction of sp³-hybridized carbons (Fsp3) is 0.240. The van der Waals surface area contributed by atoms with E-state index in [0.29, 0.717) is 11.3 Å². The van der Waals surface area contributed by atoms with Crippen LogP contribution in [0.3, 0.4) is 0 Å². The third kappa shape index (κ3) is 4.17. The Hall–Kier alpha value is -3.11. The predicted molar refractivity (Wildman–Crippen MR) is 114 cm³/mol. The minimum absolute atomic E-state index is 0.0532. The number of methoxy groups -OCH3 is 1. The van der Waals surface area contributed by atoms with Crippen LogP contribution >= 0.6 is 0 Å². The average Bonchev–Trinajstić information content (AvgIpc) is 2.81. The number of piperazine rings is 1. The molecule has 29 heavy (non-hydrogen) atoms. The molecule has 0 radical (unpaired) electrons. The molecular weight excluding hydrogens is 360 g/mol. The van der Waals surface area contributed by atoms with Crippen molar-refractivity contribution in [1.82, 2.24) is 4.90 Å². The lowest BCUT2D eigenvalue weighted by molar-refractivity contribution is -0.929. The second-order valence-corrected chi connectivity index (χ2v) is 7.41. The Labute approximate surface area is 172 Å². The Bertz CT molecular complexity index is 896. The van der Waals surface area contributed by atoms with Crippen molar-refractivity contribution in [2.24, 2.45) is 0 Å². The van der Waals surface area contributed by atoms with Crippen molar-refractivity contribution >= 4 is 5.91 Å². The number of nitrogens with one attached hydrogen (secondary N) is 1. The molecule has 1 aliphatic rings. The van der Waals surface area contributed by atoms with Crippen molar-refractivity contribution in [2.45, 2.75) is 6.04 Å². The molecule has 1 N–H and O–H groups in total. The number of amides is 1. The van der Waals surface area contributed by atoms with E-state index in [0.717, 1.165) is 26.2 Å². The molecular formula is C25H27N2O2+. The van der Waals surface area contributed by atoms with E-state index in [1.54, 1.807) is 7.11 Å². The van der Waals surface area contributed by atoms with Crippen LogP contribution < -0.4 is 9.64 Å². The van der Waals surface area contributed by atoms with E-state index in [9.17, 15) is 4.79 Å². The number of hydrogen-bond donors (Lipinski definition) is 1. The van der Waals surface area contributed by atoms with E-state index in [1.807, 2.05) is 29.2 Å². The van der Waals surface area contributed by atoms with Crippen LogP contribution in [0.2, 0.25) is 0 Å². The van der Waals surface area contributed by atoms with Crippen LogP contribution in [-0.4, -0.2) is 44.1 Å². The maximum absolute atomic E-state index is 13.0. The summed E-state index contributed by atoms with van der Waals surface area (Å²) in [6.45, 7) is 3.30. The summed E-state index contributed by atoms with van der Waals surface area (Å²) >= 11 is 0. The Balaban J connectivity index is 1.52. The minimum atomic E-state index is 0.0532. The van der Waals surface area contributed by atoms with E-state index >= 15 is 0 Å². The summed E-state index contributed by atoms with van der Waals surface area (Å²) in [7, 11) is 1.61. The first kappa shape index (κ1) is 19.2. The van der Waals surface area contributed by atoms with Crippen LogP contribution in [0, 0.1) is 0 Å². The first-order chi connectivity index (χ1) is 14.3. The van der Waals surface area contributed by atoms with Crippen molar-refractivity contribution in [2.75, 3.05) is 33.3 Å². The number of benzene rings is 3. The Morgan fingerprint density at radius 1 is 0.828 bits per heavy atom. The number of para-hydroxylation sites is 1. The van der Waals surface area contributed by atoms with Gasteiger partial charge in [0.1, 0.15) is 11.8 Å². The Morgan fingerprint density at radius 3 is 1.90 bits per heavy atom. The number of carbonyl (C=O) groups is 1. The van der Waals surface area contributed by atoms with E-state index in [4.69, 9.17) is 4.74 Å². The minimum Gasteiger partial charge on any atom is -0.496 e. The molecule has 0 aliphatic carbocycles. The van der Waals surface area contributed by atoms with Crippen LogP contribution in [0.15, 0.2) is 84.9 Å². The molecule has 0 bridgehead atoms. The molecule has 0 spiro atoms. The van der Waals surface area contributed by atoms with Crippen LogP contribution in [0.1, 0.15) is 27.5 Å². The summed E-state index contributed by atoms with van der Waals surface area (Å²) in [6, 6.07) is 29.1. The number of quaternary nitrogens is 1. The lowest BCUT2D eigenvalue weighted by Crippen LogP contribution is -3.15. The summed E-state index contributed by atoms with van der Waals surface area (Å²) < 4.78 is 5.38. The Kier molecular flexibility index (Phi) is 5.92. The van der Waals surface area contributed by atoms with E-state index in [2.05, 4.69) is 60.7 Å². The molecule has 0 unspecified atom stereocenters. The molecule has 0 saturated carbocycles. The highest BCUT2D eigenvalue weighted by atomic mass is 16.5. The van der Waals surface area contributed by atoms with Crippen molar-refractivity contribution in [3.8, 4) is 5.75 Å². The number of hydrogen-bond acceptors (Lipinski definition) is 2. The van der Waals surface area contributed by atoms with Gasteiger partial charge in [-0.05, 0) is 12.1 Å². The summed E-state index contributed by atoms with van der Waals surface area (Å²) in [5, 5.41) is 0. The molecule has 3 aromatic rings. The SMILES string of the molecule is COc1ccccc1C(=O)N1CC[NH+](C(c2ccccc2)c2ccccc2)CC1. The summed E-state index contributed by atoms with van der Waals surface area (Å²) in [4.78, 5) is 16.5. The molecule has 1 fully saturated rings. The Morgan fingerprint density at radius 2 is 1.34 bits per heavy atom. The lowest BCUT2D eigenvalue weighted by atomic mass is 9.96. The smallest absolute Gasteiger partial charge is 0.258 e. The van der Waals surface area contributed by atoms with Crippen LogP contribution in [0.25, 0.3) is 0 Å². The van der Waals surface area contributed by atoms with Crippen LogP contribution in [-0.2, 0) is 0 Å². The highest BCUT2D eigenvalue weighted by Gasteiger charge is 2.32. The van der Waals surface area contributed by atoms with Gasteiger partial charge in [-0.2, -0.15) is 0 Å². The van der Waals surface area contributed by atoms with Gasteiger partial charge in [-0.25, -0.2) is 0 Å². The fourth-order valence-electron chi connectivity index (χ4n) is 4.23. The van der Waals surface area contributed by atoms with Gasteiger partial charge in [0, 0.05) is 11.1 Å². The third-order valence-electron chi connectivity index (χ3n) is 5.70. The van der Waals surface area contributed by atoms with Crippen LogP contribution in [0.4, 0.5) is 0 Å². The first-order valence-electron chi connectivity index (χ1n) is 10.1. The van der Waals surface area contributed by atoms with Gasteiger partial charge in [-0.3, -0.25) is 4.79 Å². The molecule has 148 valence electrons. The van der Waals surface area contributed by atoms with Crippen LogP contribution in [0.5, 0.6) is 5.75 Å². The molecule has 1 saturated heterocycles. The van der Waals surface area contributed by atoms with Crippen molar-refractivity contribution in [3.63, 3.8) is 0 Å². The van der Waals surface area contributed by atoms with Crippen molar-refractivity contribution in [3.05, 3.63) is 102 Å². The molecule has 4 heteroatoms. The average molecular weight is 388 g/mol. The molecule has 4 rings (SSSR count). The number of carbonyl (C=O) groups excluding carboxylic acids is 1. The zero-order chi connectivity index (χ0) is 20.1. The largest absolute Gasteiger partial charge is 0.496 e. The predicted octanol–water partition coefficient (Wildman–Crippen LogP) is 2.83. The second-order valence-electron chi connectivity index (χ2n) is 7.41. The van der Waals surface area contributed by atoms with Gasteiger partial charge in [-0.15, -0.1) is 0 Å². The molecule has 1 aliphatic heterocycles. The summed E-state index contributed by atoms with van der Waals surface area (Å²) in [5.41, 5.74) is 3.28.